The Balaban J connectivity index is 2.26. The van der Waals surface area contributed by atoms with Gasteiger partial charge in [0.05, 0.1) is 11.9 Å². The Morgan fingerprint density at radius 2 is 1.79 bits per heavy atom. The fourth-order valence-electron chi connectivity index (χ4n) is 2.24. The van der Waals surface area contributed by atoms with Crippen molar-refractivity contribution >= 4 is 43.2 Å². The van der Waals surface area contributed by atoms with Crippen LogP contribution in [0.4, 0.5) is 11.4 Å². The van der Waals surface area contributed by atoms with Gasteiger partial charge in [0.1, 0.15) is 6.54 Å². The van der Waals surface area contributed by atoms with E-state index in [0.717, 1.165) is 21.7 Å². The molecular weight excluding hydrogens is 392 g/mol. The summed E-state index contributed by atoms with van der Waals surface area (Å²) in [7, 11) is -3.60. The van der Waals surface area contributed by atoms with E-state index < -0.39 is 15.9 Å². The number of benzene rings is 2. The fraction of sp³-hybridized carbons (Fsp3) is 0.235. The van der Waals surface area contributed by atoms with Crippen LogP contribution in [0.25, 0.3) is 0 Å². The number of halogens is 1. The fourth-order valence-corrected chi connectivity index (χ4v) is 3.73. The first kappa shape index (κ1) is 18.5. The Hall–Kier alpha value is -1.86. The van der Waals surface area contributed by atoms with Gasteiger partial charge >= 0.3 is 0 Å². The van der Waals surface area contributed by atoms with E-state index in [4.69, 9.17) is 0 Å². The highest BCUT2D eigenvalue weighted by molar-refractivity contribution is 9.10. The molecule has 5 nitrogen and oxygen atoms in total. The number of nitrogens with one attached hydrogen (secondary N) is 1. The van der Waals surface area contributed by atoms with Crippen molar-refractivity contribution in [2.45, 2.75) is 13.8 Å². The van der Waals surface area contributed by atoms with E-state index in [2.05, 4.69) is 21.2 Å². The molecule has 0 heterocycles. The molecule has 1 amide bonds. The summed E-state index contributed by atoms with van der Waals surface area (Å²) < 4.78 is 25.9. The van der Waals surface area contributed by atoms with Crippen LogP contribution in [0.1, 0.15) is 11.1 Å². The quantitative estimate of drug-likeness (QED) is 0.820. The number of amides is 1. The second-order valence-corrected chi connectivity index (χ2v) is 8.28. The van der Waals surface area contributed by atoms with Gasteiger partial charge in [0.25, 0.3) is 0 Å². The Labute approximate surface area is 150 Å². The summed E-state index contributed by atoms with van der Waals surface area (Å²) in [5.74, 6) is -0.398. The molecule has 0 bridgehead atoms. The zero-order valence-corrected chi connectivity index (χ0v) is 16.1. The summed E-state index contributed by atoms with van der Waals surface area (Å²) in [6.45, 7) is 3.57. The number of rotatable bonds is 5. The highest BCUT2D eigenvalue weighted by atomic mass is 79.9. The van der Waals surface area contributed by atoms with E-state index >= 15 is 0 Å². The van der Waals surface area contributed by atoms with Gasteiger partial charge in [-0.05, 0) is 59.1 Å². The monoisotopic (exact) mass is 410 g/mol. The van der Waals surface area contributed by atoms with Gasteiger partial charge in [0, 0.05) is 10.2 Å². The third kappa shape index (κ3) is 4.36. The lowest BCUT2D eigenvalue weighted by molar-refractivity contribution is -0.114. The molecule has 128 valence electrons. The van der Waals surface area contributed by atoms with E-state index in [9.17, 15) is 13.2 Å². The van der Waals surface area contributed by atoms with Crippen LogP contribution < -0.4 is 9.62 Å². The highest BCUT2D eigenvalue weighted by Gasteiger charge is 2.22. The zero-order valence-electron chi connectivity index (χ0n) is 13.7. The number of hydrogen-bond donors (Lipinski definition) is 1. The molecule has 0 aromatic heterocycles. The molecule has 0 aliphatic heterocycles. The minimum atomic E-state index is -3.60. The molecule has 0 fully saturated rings. The number of para-hydroxylation sites is 1. The standard InChI is InChI=1S/C17H19BrN2O3S/c1-12-7-6-9-15(13(12)2)19-17(21)11-20(24(3,22)23)16-10-5-4-8-14(16)18/h4-10H,11H2,1-3H3,(H,19,21). The lowest BCUT2D eigenvalue weighted by Gasteiger charge is -2.23. The number of carbonyl (C=O) groups is 1. The van der Waals surface area contributed by atoms with Crippen LogP contribution in [0.3, 0.4) is 0 Å². The van der Waals surface area contributed by atoms with Crippen LogP contribution in [0.15, 0.2) is 46.9 Å². The number of sulfonamides is 1. The number of aryl methyl sites for hydroxylation is 1. The van der Waals surface area contributed by atoms with Crippen molar-refractivity contribution in [2.24, 2.45) is 0 Å². The van der Waals surface area contributed by atoms with Crippen molar-refractivity contribution in [3.63, 3.8) is 0 Å². The Kier molecular flexibility index (Phi) is 5.66. The second-order valence-electron chi connectivity index (χ2n) is 5.52. The maximum Gasteiger partial charge on any atom is 0.245 e. The molecule has 24 heavy (non-hydrogen) atoms. The molecule has 2 aromatic rings. The van der Waals surface area contributed by atoms with E-state index in [0.29, 0.717) is 15.8 Å². The summed E-state index contributed by atoms with van der Waals surface area (Å²) in [5.41, 5.74) is 3.12. The van der Waals surface area contributed by atoms with Crippen molar-refractivity contribution in [3.05, 3.63) is 58.1 Å². The number of carbonyl (C=O) groups excluding carboxylic acids is 1. The molecule has 1 N–H and O–H groups in total. The lowest BCUT2D eigenvalue weighted by atomic mass is 10.1. The first-order chi connectivity index (χ1) is 11.2. The molecule has 0 aliphatic rings. The van der Waals surface area contributed by atoms with Gasteiger partial charge in [-0.1, -0.05) is 24.3 Å². The van der Waals surface area contributed by atoms with Crippen LogP contribution in [-0.4, -0.2) is 27.1 Å². The van der Waals surface area contributed by atoms with Crippen molar-refractivity contribution in [1.29, 1.82) is 0 Å². The number of nitrogens with zero attached hydrogens (tertiary/aromatic N) is 1. The van der Waals surface area contributed by atoms with Crippen LogP contribution in [0.2, 0.25) is 0 Å². The van der Waals surface area contributed by atoms with Gasteiger partial charge < -0.3 is 5.32 Å². The molecule has 0 saturated heterocycles. The van der Waals surface area contributed by atoms with Crippen LogP contribution in [-0.2, 0) is 14.8 Å². The van der Waals surface area contributed by atoms with E-state index in [1.807, 2.05) is 26.0 Å². The van der Waals surface area contributed by atoms with Gasteiger partial charge in [-0.2, -0.15) is 0 Å². The molecule has 0 unspecified atom stereocenters. The molecule has 2 aromatic carbocycles. The molecule has 2 rings (SSSR count). The third-order valence-corrected chi connectivity index (χ3v) is 5.48. The van der Waals surface area contributed by atoms with Crippen LogP contribution in [0.5, 0.6) is 0 Å². The molecule has 0 aliphatic carbocycles. The van der Waals surface area contributed by atoms with Gasteiger partial charge in [-0.15, -0.1) is 0 Å². The first-order valence-corrected chi connectivity index (χ1v) is 9.92. The molecule has 7 heteroatoms. The predicted octanol–water partition coefficient (Wildman–Crippen LogP) is 3.47. The first-order valence-electron chi connectivity index (χ1n) is 7.28. The number of hydrogen-bond acceptors (Lipinski definition) is 3. The average molecular weight is 411 g/mol. The maximum absolute atomic E-state index is 12.4. The normalized spacial score (nSPS) is 11.2. The topological polar surface area (TPSA) is 66.5 Å². The number of anilines is 2. The summed E-state index contributed by atoms with van der Waals surface area (Å²) in [6, 6.07) is 12.5. The SMILES string of the molecule is Cc1cccc(NC(=O)CN(c2ccccc2Br)S(C)(=O)=O)c1C. The van der Waals surface area contributed by atoms with Crippen LogP contribution in [0, 0.1) is 13.8 Å². The third-order valence-electron chi connectivity index (χ3n) is 3.69. The summed E-state index contributed by atoms with van der Waals surface area (Å²) in [6.07, 6.45) is 1.08. The predicted molar refractivity (Wildman–Crippen MR) is 101 cm³/mol. The smallest absolute Gasteiger partial charge is 0.245 e. The van der Waals surface area contributed by atoms with E-state index in [1.54, 1.807) is 30.3 Å². The molecular formula is C17H19BrN2O3S. The van der Waals surface area contributed by atoms with Crippen molar-refractivity contribution in [3.8, 4) is 0 Å². The molecule has 0 radical (unpaired) electrons. The highest BCUT2D eigenvalue weighted by Crippen LogP contribution is 2.27. The summed E-state index contributed by atoms with van der Waals surface area (Å²) in [5, 5.41) is 2.78. The van der Waals surface area contributed by atoms with E-state index in [-0.39, 0.29) is 6.54 Å². The minimum absolute atomic E-state index is 0.297. The minimum Gasteiger partial charge on any atom is -0.324 e. The van der Waals surface area contributed by atoms with Gasteiger partial charge in [-0.3, -0.25) is 9.10 Å². The van der Waals surface area contributed by atoms with Crippen molar-refractivity contribution < 1.29 is 13.2 Å². The van der Waals surface area contributed by atoms with Gasteiger partial charge in [0.2, 0.25) is 15.9 Å². The molecule has 0 atom stereocenters. The van der Waals surface area contributed by atoms with Gasteiger partial charge in [0.15, 0.2) is 0 Å². The van der Waals surface area contributed by atoms with Crippen LogP contribution >= 0.6 is 15.9 Å². The average Bonchev–Trinajstić information content (AvgIpc) is 2.49. The summed E-state index contributed by atoms with van der Waals surface area (Å²) in [4.78, 5) is 12.4. The van der Waals surface area contributed by atoms with E-state index in [1.165, 1.54) is 0 Å². The Morgan fingerprint density at radius 3 is 2.42 bits per heavy atom. The largest absolute Gasteiger partial charge is 0.324 e. The lowest BCUT2D eigenvalue weighted by Crippen LogP contribution is -2.37. The summed E-state index contributed by atoms with van der Waals surface area (Å²) >= 11 is 3.33. The molecule has 0 saturated carbocycles. The molecule has 0 spiro atoms. The second kappa shape index (κ2) is 7.36. The zero-order chi connectivity index (χ0) is 17.9. The van der Waals surface area contributed by atoms with Crippen molar-refractivity contribution in [2.75, 3.05) is 22.4 Å². The van der Waals surface area contributed by atoms with Gasteiger partial charge in [-0.25, -0.2) is 8.42 Å². The Bertz CT molecular complexity index is 866. The van der Waals surface area contributed by atoms with Crippen molar-refractivity contribution in [1.82, 2.24) is 0 Å². The maximum atomic E-state index is 12.4. The Morgan fingerprint density at radius 1 is 1.12 bits per heavy atom.